The lowest BCUT2D eigenvalue weighted by Crippen LogP contribution is -2.37. The molecule has 0 unspecified atom stereocenters. The number of imide groups is 1. The molecular weight excluding hydrogens is 534 g/mol. The van der Waals surface area contributed by atoms with Crippen LogP contribution in [0.25, 0.3) is 0 Å². The van der Waals surface area contributed by atoms with Crippen LogP contribution in [0.5, 0.6) is 11.5 Å². The highest BCUT2D eigenvalue weighted by atomic mass is 16.5. The van der Waals surface area contributed by atoms with Crippen LogP contribution in [-0.2, 0) is 15.1 Å². The van der Waals surface area contributed by atoms with E-state index in [1.54, 1.807) is 38.5 Å². The normalized spacial score (nSPS) is 13.6. The monoisotopic (exact) mass is 567 g/mol. The Balaban J connectivity index is 1.32. The molecular formula is C34H33NO7. The van der Waals surface area contributed by atoms with E-state index in [1.165, 1.54) is 4.90 Å². The number of aliphatic hydroxyl groups is 1. The summed E-state index contributed by atoms with van der Waals surface area (Å²) in [6, 6.07) is 31.8. The molecule has 216 valence electrons. The molecule has 0 bridgehead atoms. The molecule has 0 spiro atoms. The van der Waals surface area contributed by atoms with Gasteiger partial charge < -0.3 is 24.1 Å². The average molecular weight is 568 g/mol. The number of amides is 2. The number of carbonyl (C=O) groups excluding carboxylic acids is 2. The van der Waals surface area contributed by atoms with Gasteiger partial charge in [0, 0.05) is 0 Å². The number of fused-ring (bicyclic) bond motifs is 1. The molecule has 1 aliphatic rings. The fourth-order valence-electron chi connectivity index (χ4n) is 5.16. The molecule has 8 heteroatoms. The van der Waals surface area contributed by atoms with Gasteiger partial charge in [-0.1, -0.05) is 66.7 Å². The first-order chi connectivity index (χ1) is 20.5. The Hall–Kier alpha value is -4.50. The van der Waals surface area contributed by atoms with Crippen LogP contribution in [0, 0.1) is 0 Å². The van der Waals surface area contributed by atoms with Gasteiger partial charge in [0.1, 0.15) is 23.2 Å². The quantitative estimate of drug-likeness (QED) is 0.142. The topological polar surface area (TPSA) is 94.5 Å². The molecule has 0 radical (unpaired) electrons. The van der Waals surface area contributed by atoms with E-state index < -0.39 is 11.7 Å². The second-order valence-electron chi connectivity index (χ2n) is 9.85. The van der Waals surface area contributed by atoms with Crippen molar-refractivity contribution in [3.63, 3.8) is 0 Å². The summed E-state index contributed by atoms with van der Waals surface area (Å²) in [5.74, 6) is 0.744. The lowest BCUT2D eigenvalue weighted by Gasteiger charge is -2.36. The molecule has 0 saturated carbocycles. The van der Waals surface area contributed by atoms with Crippen LogP contribution in [0.2, 0.25) is 0 Å². The van der Waals surface area contributed by atoms with Crippen molar-refractivity contribution in [2.45, 2.75) is 11.7 Å². The lowest BCUT2D eigenvalue weighted by molar-refractivity contribution is -0.0644. The first kappa shape index (κ1) is 29.0. The number of aliphatic hydroxyl groups excluding tert-OH is 1. The number of carbonyl (C=O) groups is 2. The van der Waals surface area contributed by atoms with E-state index in [9.17, 15) is 14.7 Å². The third kappa shape index (κ3) is 5.78. The molecule has 4 aromatic rings. The van der Waals surface area contributed by atoms with Crippen LogP contribution in [0.4, 0.5) is 0 Å². The fourth-order valence-corrected chi connectivity index (χ4v) is 5.16. The van der Waals surface area contributed by atoms with Crippen LogP contribution in [0.3, 0.4) is 0 Å². The maximum atomic E-state index is 12.6. The number of ether oxygens (including phenoxy) is 4. The molecule has 8 nitrogen and oxygen atoms in total. The molecule has 1 heterocycles. The van der Waals surface area contributed by atoms with E-state index in [2.05, 4.69) is 0 Å². The Labute approximate surface area is 245 Å². The maximum Gasteiger partial charge on any atom is 0.261 e. The van der Waals surface area contributed by atoms with Gasteiger partial charge in [-0.05, 0) is 53.1 Å². The number of benzene rings is 4. The predicted octanol–water partition coefficient (Wildman–Crippen LogP) is 4.69. The van der Waals surface area contributed by atoms with E-state index in [4.69, 9.17) is 18.9 Å². The summed E-state index contributed by atoms with van der Waals surface area (Å²) >= 11 is 0. The lowest BCUT2D eigenvalue weighted by atomic mass is 9.80. The number of hydrogen-bond donors (Lipinski definition) is 1. The molecule has 2 amide bonds. The van der Waals surface area contributed by atoms with E-state index in [1.807, 2.05) is 78.9 Å². The highest BCUT2D eigenvalue weighted by Crippen LogP contribution is 2.41. The second kappa shape index (κ2) is 13.0. The first-order valence-corrected chi connectivity index (χ1v) is 13.7. The molecule has 0 saturated heterocycles. The van der Waals surface area contributed by atoms with E-state index in [0.29, 0.717) is 22.6 Å². The van der Waals surface area contributed by atoms with Gasteiger partial charge in [0.2, 0.25) is 0 Å². The molecule has 42 heavy (non-hydrogen) atoms. The van der Waals surface area contributed by atoms with Crippen molar-refractivity contribution in [3.8, 4) is 11.5 Å². The summed E-state index contributed by atoms with van der Waals surface area (Å²) in [5.41, 5.74) is 2.28. The Morgan fingerprint density at radius 2 is 1.14 bits per heavy atom. The summed E-state index contributed by atoms with van der Waals surface area (Å²) in [6.07, 6.45) is -0.980. The zero-order valence-electron chi connectivity index (χ0n) is 23.6. The molecule has 1 N–H and O–H groups in total. The van der Waals surface area contributed by atoms with Gasteiger partial charge in [0.15, 0.2) is 0 Å². The van der Waals surface area contributed by atoms with E-state index in [0.717, 1.165) is 16.7 Å². The Kier molecular flexibility index (Phi) is 8.97. The van der Waals surface area contributed by atoms with Crippen molar-refractivity contribution in [2.75, 3.05) is 40.6 Å². The Morgan fingerprint density at radius 1 is 0.667 bits per heavy atom. The minimum atomic E-state index is -1.07. The van der Waals surface area contributed by atoms with Crippen LogP contribution >= 0.6 is 0 Å². The summed E-state index contributed by atoms with van der Waals surface area (Å²) in [6.45, 7) is 0.0775. The number of rotatable bonds is 13. The van der Waals surface area contributed by atoms with Crippen molar-refractivity contribution in [2.24, 2.45) is 0 Å². The minimum Gasteiger partial charge on any atom is -0.497 e. The van der Waals surface area contributed by atoms with Gasteiger partial charge in [-0.15, -0.1) is 0 Å². The van der Waals surface area contributed by atoms with Gasteiger partial charge in [0.05, 0.1) is 51.7 Å². The molecule has 4 aromatic carbocycles. The van der Waals surface area contributed by atoms with Crippen molar-refractivity contribution in [1.29, 1.82) is 0 Å². The maximum absolute atomic E-state index is 12.6. The molecule has 0 aromatic heterocycles. The molecule has 0 aliphatic carbocycles. The smallest absolute Gasteiger partial charge is 0.261 e. The van der Waals surface area contributed by atoms with Gasteiger partial charge >= 0.3 is 0 Å². The summed E-state index contributed by atoms with van der Waals surface area (Å²) < 4.78 is 23.1. The zero-order valence-corrected chi connectivity index (χ0v) is 23.6. The zero-order chi connectivity index (χ0) is 29.5. The van der Waals surface area contributed by atoms with Gasteiger partial charge in [-0.2, -0.15) is 0 Å². The van der Waals surface area contributed by atoms with Gasteiger partial charge in [0.25, 0.3) is 11.8 Å². The Morgan fingerprint density at radius 3 is 1.64 bits per heavy atom. The molecule has 5 rings (SSSR count). The standard InChI is InChI=1S/C34H33NO7/c1-39-28-16-12-25(13-17-28)34(24-8-4-3-5-9-24,26-14-18-29(40-2)19-15-26)42-23-27(36)22-41-21-20-35-32(37)30-10-6-7-11-31(30)33(35)38/h3-19,27,36H,20-23H2,1-2H3/t27-/m0/s1. The van der Waals surface area contributed by atoms with Crippen LogP contribution < -0.4 is 9.47 Å². The number of hydrogen-bond acceptors (Lipinski definition) is 7. The summed E-state index contributed by atoms with van der Waals surface area (Å²) in [5, 5.41) is 10.9. The van der Waals surface area contributed by atoms with Gasteiger partial charge in [-0.3, -0.25) is 14.5 Å². The summed E-state index contributed by atoms with van der Waals surface area (Å²) in [4.78, 5) is 26.4. The minimum absolute atomic E-state index is 0.0424. The van der Waals surface area contributed by atoms with E-state index >= 15 is 0 Å². The van der Waals surface area contributed by atoms with Crippen molar-refractivity contribution in [3.05, 3.63) is 131 Å². The number of methoxy groups -OCH3 is 2. The third-order valence-corrected chi connectivity index (χ3v) is 7.31. The van der Waals surface area contributed by atoms with Crippen LogP contribution in [0.1, 0.15) is 37.4 Å². The van der Waals surface area contributed by atoms with Crippen molar-refractivity contribution >= 4 is 11.8 Å². The van der Waals surface area contributed by atoms with Crippen LogP contribution in [-0.4, -0.2) is 68.5 Å². The molecule has 1 aliphatic heterocycles. The number of nitrogens with zero attached hydrogens (tertiary/aromatic N) is 1. The molecule has 1 atom stereocenters. The van der Waals surface area contributed by atoms with E-state index in [-0.39, 0.29) is 38.2 Å². The first-order valence-electron chi connectivity index (χ1n) is 13.7. The van der Waals surface area contributed by atoms with Crippen molar-refractivity contribution < 1.29 is 33.6 Å². The average Bonchev–Trinajstić information content (AvgIpc) is 3.29. The fraction of sp³-hybridized carbons (Fsp3) is 0.235. The SMILES string of the molecule is COc1ccc(C(OC[C@@H](O)COCCN2C(=O)c3ccccc3C2=O)(c2ccccc2)c2ccc(OC)cc2)cc1. The predicted molar refractivity (Wildman–Crippen MR) is 157 cm³/mol. The Bertz CT molecular complexity index is 1420. The third-order valence-electron chi connectivity index (χ3n) is 7.31. The highest BCUT2D eigenvalue weighted by molar-refractivity contribution is 6.21. The summed E-state index contributed by atoms with van der Waals surface area (Å²) in [7, 11) is 3.23. The van der Waals surface area contributed by atoms with Gasteiger partial charge in [-0.25, -0.2) is 0 Å². The van der Waals surface area contributed by atoms with Crippen LogP contribution in [0.15, 0.2) is 103 Å². The molecule has 0 fully saturated rings. The largest absolute Gasteiger partial charge is 0.497 e. The highest BCUT2D eigenvalue weighted by Gasteiger charge is 2.39. The second-order valence-corrected chi connectivity index (χ2v) is 9.85. The van der Waals surface area contributed by atoms with Crippen molar-refractivity contribution in [1.82, 2.24) is 4.90 Å².